The third kappa shape index (κ3) is 5.57. The van der Waals surface area contributed by atoms with Gasteiger partial charge in [-0.2, -0.15) is 0 Å². The summed E-state index contributed by atoms with van der Waals surface area (Å²) in [5.74, 6) is 0.805. The number of rotatable bonds is 8. The summed E-state index contributed by atoms with van der Waals surface area (Å²) in [6.45, 7) is 1.87. The maximum atomic E-state index is 12.6. The van der Waals surface area contributed by atoms with Crippen molar-refractivity contribution < 1.29 is 27.4 Å². The van der Waals surface area contributed by atoms with Gasteiger partial charge in [0.15, 0.2) is 0 Å². The summed E-state index contributed by atoms with van der Waals surface area (Å²) >= 11 is 0. The van der Waals surface area contributed by atoms with Crippen molar-refractivity contribution >= 4 is 21.6 Å². The maximum absolute atomic E-state index is 12.6. The van der Waals surface area contributed by atoms with Gasteiger partial charge < -0.3 is 19.5 Å². The molecule has 0 saturated heterocycles. The molecule has 0 fully saturated rings. The van der Waals surface area contributed by atoms with Gasteiger partial charge in [0.2, 0.25) is 10.0 Å². The first-order valence-corrected chi connectivity index (χ1v) is 11.1. The minimum absolute atomic E-state index is 0.000541. The van der Waals surface area contributed by atoms with E-state index in [1.54, 1.807) is 36.4 Å². The molecule has 0 aliphatic carbocycles. The highest BCUT2D eigenvalue weighted by Gasteiger charge is 2.18. The molecule has 0 aliphatic rings. The number of benzene rings is 3. The zero-order chi connectivity index (χ0) is 23.3. The van der Waals surface area contributed by atoms with Crippen LogP contribution in [-0.2, 0) is 16.6 Å². The lowest BCUT2D eigenvalue weighted by Gasteiger charge is -2.15. The van der Waals surface area contributed by atoms with E-state index in [9.17, 15) is 13.2 Å². The molecule has 32 heavy (non-hydrogen) atoms. The van der Waals surface area contributed by atoms with Crippen molar-refractivity contribution in [2.45, 2.75) is 18.4 Å². The largest absolute Gasteiger partial charge is 0.497 e. The van der Waals surface area contributed by atoms with Crippen LogP contribution < -0.4 is 24.7 Å². The number of aryl methyl sites for hydroxylation is 1. The number of nitrogens with one attached hydrogen (secondary N) is 1. The van der Waals surface area contributed by atoms with E-state index >= 15 is 0 Å². The molecule has 0 heterocycles. The highest BCUT2D eigenvalue weighted by atomic mass is 32.2. The number of carbonyl (C=O) groups is 1. The van der Waals surface area contributed by atoms with Crippen LogP contribution in [0, 0.1) is 6.92 Å². The van der Waals surface area contributed by atoms with Crippen molar-refractivity contribution in [1.82, 2.24) is 0 Å². The quantitative estimate of drug-likeness (QED) is 0.536. The molecule has 0 spiro atoms. The number of hydrogen-bond donors (Lipinski definition) is 2. The lowest BCUT2D eigenvalue weighted by molar-refractivity contribution is 0.102. The fourth-order valence-electron chi connectivity index (χ4n) is 3.07. The van der Waals surface area contributed by atoms with Crippen LogP contribution in [0.5, 0.6) is 17.2 Å². The molecule has 3 aromatic carbocycles. The molecule has 0 atom stereocenters. The van der Waals surface area contributed by atoms with E-state index in [0.29, 0.717) is 28.3 Å². The van der Waals surface area contributed by atoms with Crippen molar-refractivity contribution in [3.63, 3.8) is 0 Å². The van der Waals surface area contributed by atoms with E-state index in [0.717, 1.165) is 5.56 Å². The first kappa shape index (κ1) is 23.1. The Morgan fingerprint density at radius 2 is 1.75 bits per heavy atom. The van der Waals surface area contributed by atoms with Gasteiger partial charge in [-0.25, -0.2) is 13.6 Å². The van der Waals surface area contributed by atoms with Crippen LogP contribution >= 0.6 is 0 Å². The molecule has 8 nitrogen and oxygen atoms in total. The van der Waals surface area contributed by atoms with Crippen molar-refractivity contribution in [3.8, 4) is 17.2 Å². The van der Waals surface area contributed by atoms with Gasteiger partial charge in [-0.1, -0.05) is 17.7 Å². The second-order valence-electron chi connectivity index (χ2n) is 7.00. The van der Waals surface area contributed by atoms with Crippen molar-refractivity contribution in [3.05, 3.63) is 77.4 Å². The summed E-state index contributed by atoms with van der Waals surface area (Å²) in [4.78, 5) is 12.4. The normalized spacial score (nSPS) is 11.0. The molecular weight excluding hydrogens is 432 g/mol. The predicted molar refractivity (Wildman–Crippen MR) is 121 cm³/mol. The van der Waals surface area contributed by atoms with Crippen molar-refractivity contribution in [2.24, 2.45) is 5.14 Å². The number of hydrogen-bond acceptors (Lipinski definition) is 6. The van der Waals surface area contributed by atoms with Crippen LogP contribution in [0.4, 0.5) is 5.69 Å². The maximum Gasteiger partial charge on any atom is 0.255 e. The molecule has 3 N–H and O–H groups in total. The molecule has 9 heteroatoms. The lowest BCUT2D eigenvalue weighted by atomic mass is 10.1. The Morgan fingerprint density at radius 1 is 0.969 bits per heavy atom. The molecule has 0 radical (unpaired) electrons. The number of primary sulfonamides is 1. The molecule has 0 saturated carbocycles. The van der Waals surface area contributed by atoms with Crippen LogP contribution in [0.15, 0.2) is 65.6 Å². The molecular formula is C23H24N2O6S. The van der Waals surface area contributed by atoms with E-state index in [4.69, 9.17) is 19.3 Å². The van der Waals surface area contributed by atoms with E-state index < -0.39 is 10.0 Å². The predicted octanol–water partition coefficient (Wildman–Crippen LogP) is 3.49. The Kier molecular flexibility index (Phi) is 7.01. The number of sulfonamides is 1. The minimum atomic E-state index is -4.06. The van der Waals surface area contributed by atoms with Gasteiger partial charge in [0.25, 0.3) is 5.91 Å². The molecule has 168 valence electrons. The fraction of sp³-hybridized carbons (Fsp3) is 0.174. The molecule has 3 aromatic rings. The SMILES string of the molecule is COc1ccc(OC)c(COc2cc(NC(=O)c3cccc(C)c3)ccc2S(N)(=O)=O)c1. The lowest BCUT2D eigenvalue weighted by Crippen LogP contribution is -2.16. The van der Waals surface area contributed by atoms with E-state index in [-0.39, 0.29) is 23.2 Å². The highest BCUT2D eigenvalue weighted by Crippen LogP contribution is 2.30. The van der Waals surface area contributed by atoms with E-state index in [1.807, 2.05) is 13.0 Å². The number of ether oxygens (including phenoxy) is 3. The Morgan fingerprint density at radius 3 is 2.41 bits per heavy atom. The second-order valence-corrected chi connectivity index (χ2v) is 8.53. The van der Waals surface area contributed by atoms with Gasteiger partial charge in [-0.3, -0.25) is 4.79 Å². The zero-order valence-electron chi connectivity index (χ0n) is 17.9. The molecule has 3 rings (SSSR count). The first-order valence-electron chi connectivity index (χ1n) is 9.60. The molecule has 0 aromatic heterocycles. The smallest absolute Gasteiger partial charge is 0.255 e. The first-order chi connectivity index (χ1) is 15.2. The minimum Gasteiger partial charge on any atom is -0.497 e. The molecule has 0 aliphatic heterocycles. The summed E-state index contributed by atoms with van der Waals surface area (Å²) in [7, 11) is -1.01. The number of methoxy groups -OCH3 is 2. The number of nitrogens with two attached hydrogens (primary N) is 1. The van der Waals surface area contributed by atoms with E-state index in [2.05, 4.69) is 5.32 Å². The summed E-state index contributed by atoms with van der Waals surface area (Å²) in [6.07, 6.45) is 0. The van der Waals surface area contributed by atoms with Crippen LogP contribution in [0.1, 0.15) is 21.5 Å². The topological polar surface area (TPSA) is 117 Å². The third-order valence-corrected chi connectivity index (χ3v) is 5.61. The van der Waals surface area contributed by atoms with Crippen molar-refractivity contribution in [2.75, 3.05) is 19.5 Å². The third-order valence-electron chi connectivity index (χ3n) is 4.66. The standard InChI is InChI=1S/C23H24N2O6S/c1-15-5-4-6-16(11-15)23(26)25-18-7-10-22(32(24,27)28)21(13-18)31-14-17-12-19(29-2)8-9-20(17)30-3/h4-13H,14H2,1-3H3,(H,25,26)(H2,24,27,28). The van der Waals surface area contributed by atoms with E-state index in [1.165, 1.54) is 32.4 Å². The zero-order valence-corrected chi connectivity index (χ0v) is 18.7. The number of carbonyl (C=O) groups excluding carboxylic acids is 1. The van der Waals surface area contributed by atoms with Gasteiger partial charge in [-0.05, 0) is 49.4 Å². The number of amides is 1. The van der Waals surface area contributed by atoms with Crippen molar-refractivity contribution in [1.29, 1.82) is 0 Å². The van der Waals surface area contributed by atoms with Crippen LogP contribution in [-0.4, -0.2) is 28.5 Å². The summed E-state index contributed by atoms with van der Waals surface area (Å²) in [5, 5.41) is 8.09. The van der Waals surface area contributed by atoms with Gasteiger partial charge in [0.05, 0.1) is 14.2 Å². The Balaban J connectivity index is 1.89. The summed E-state index contributed by atoms with van der Waals surface area (Å²) < 4.78 is 40.4. The monoisotopic (exact) mass is 456 g/mol. The van der Waals surface area contributed by atoms with Gasteiger partial charge >= 0.3 is 0 Å². The average Bonchev–Trinajstić information content (AvgIpc) is 2.76. The molecule has 0 unspecified atom stereocenters. The number of anilines is 1. The Labute approximate surface area is 187 Å². The van der Waals surface area contributed by atoms with Crippen LogP contribution in [0.25, 0.3) is 0 Å². The summed E-state index contributed by atoms with van der Waals surface area (Å²) in [6, 6.07) is 16.4. The van der Waals surface area contributed by atoms with Gasteiger partial charge in [0.1, 0.15) is 28.8 Å². The molecule has 0 bridgehead atoms. The fourth-order valence-corrected chi connectivity index (χ4v) is 3.73. The highest BCUT2D eigenvalue weighted by molar-refractivity contribution is 7.89. The van der Waals surface area contributed by atoms with Gasteiger partial charge in [0, 0.05) is 22.9 Å². The Hall–Kier alpha value is -3.56. The van der Waals surface area contributed by atoms with Crippen LogP contribution in [0.2, 0.25) is 0 Å². The second kappa shape index (κ2) is 9.71. The van der Waals surface area contributed by atoms with Crippen LogP contribution in [0.3, 0.4) is 0 Å². The van der Waals surface area contributed by atoms with Gasteiger partial charge in [-0.15, -0.1) is 0 Å². The Bertz CT molecular complexity index is 1240. The average molecular weight is 457 g/mol. The summed E-state index contributed by atoms with van der Waals surface area (Å²) in [5.41, 5.74) is 2.42. The molecule has 1 amide bonds.